The Morgan fingerprint density at radius 2 is 1.88 bits per heavy atom. The molecule has 2 aliphatic rings. The number of rotatable bonds is 3. The van der Waals surface area contributed by atoms with E-state index in [1.165, 1.54) is 19.3 Å². The first kappa shape index (κ1) is 13.3. The zero-order valence-corrected chi connectivity index (χ0v) is 11.2. The number of aliphatic hydroxyl groups excluding tert-OH is 1. The molecule has 2 rings (SSSR count). The average molecular weight is 261 g/mol. The van der Waals surface area contributed by atoms with Crippen molar-refractivity contribution >= 4 is 9.84 Å². The van der Waals surface area contributed by atoms with Crippen molar-refractivity contribution in [2.75, 3.05) is 11.5 Å². The van der Waals surface area contributed by atoms with Crippen molar-refractivity contribution in [3.63, 3.8) is 0 Å². The van der Waals surface area contributed by atoms with Crippen LogP contribution >= 0.6 is 0 Å². The molecule has 17 heavy (non-hydrogen) atoms. The van der Waals surface area contributed by atoms with Gasteiger partial charge < -0.3 is 10.4 Å². The highest BCUT2D eigenvalue weighted by Gasteiger charge is 2.38. The standard InChI is InChI=1S/C12H23NO3S/c1-2-9-5-3-4-6-10(9)13-11-7-17(15,16)8-12(11)14/h9-14H,2-8H2,1H3. The summed E-state index contributed by atoms with van der Waals surface area (Å²) in [6.45, 7) is 2.19. The molecule has 4 unspecified atom stereocenters. The van der Waals surface area contributed by atoms with Crippen LogP contribution in [0.25, 0.3) is 0 Å². The third kappa shape index (κ3) is 3.20. The zero-order valence-electron chi connectivity index (χ0n) is 10.4. The van der Waals surface area contributed by atoms with E-state index in [9.17, 15) is 13.5 Å². The van der Waals surface area contributed by atoms with Crippen LogP contribution in [0.3, 0.4) is 0 Å². The average Bonchev–Trinajstić information content (AvgIpc) is 2.52. The molecule has 0 bridgehead atoms. The van der Waals surface area contributed by atoms with Gasteiger partial charge in [0, 0.05) is 12.1 Å². The summed E-state index contributed by atoms with van der Waals surface area (Å²) in [5.74, 6) is 0.661. The van der Waals surface area contributed by atoms with Crippen molar-refractivity contribution in [2.24, 2.45) is 5.92 Å². The van der Waals surface area contributed by atoms with Gasteiger partial charge in [-0.3, -0.25) is 0 Å². The molecule has 0 aromatic carbocycles. The Morgan fingerprint density at radius 3 is 2.47 bits per heavy atom. The number of nitrogens with one attached hydrogen (secondary N) is 1. The zero-order chi connectivity index (χ0) is 12.5. The predicted molar refractivity (Wildman–Crippen MR) is 67.6 cm³/mol. The largest absolute Gasteiger partial charge is 0.390 e. The highest BCUT2D eigenvalue weighted by molar-refractivity contribution is 7.91. The molecule has 0 aromatic heterocycles. The molecule has 1 saturated heterocycles. The van der Waals surface area contributed by atoms with Gasteiger partial charge in [-0.15, -0.1) is 0 Å². The minimum absolute atomic E-state index is 0.0752. The maximum Gasteiger partial charge on any atom is 0.154 e. The Balaban J connectivity index is 1.96. The lowest BCUT2D eigenvalue weighted by molar-refractivity contribution is 0.140. The van der Waals surface area contributed by atoms with Crippen LogP contribution in [0.5, 0.6) is 0 Å². The van der Waals surface area contributed by atoms with E-state index in [1.807, 2.05) is 0 Å². The van der Waals surface area contributed by atoms with Crippen LogP contribution in [0, 0.1) is 5.92 Å². The van der Waals surface area contributed by atoms with Crippen molar-refractivity contribution in [1.29, 1.82) is 0 Å². The van der Waals surface area contributed by atoms with E-state index >= 15 is 0 Å². The first-order valence-corrected chi connectivity index (χ1v) is 8.48. The Morgan fingerprint density at radius 1 is 1.18 bits per heavy atom. The third-order valence-corrected chi connectivity index (χ3v) is 5.90. The molecule has 4 nitrogen and oxygen atoms in total. The molecule has 1 aliphatic carbocycles. The topological polar surface area (TPSA) is 66.4 Å². The maximum absolute atomic E-state index is 11.4. The van der Waals surface area contributed by atoms with Crippen LogP contribution in [0.4, 0.5) is 0 Å². The lowest BCUT2D eigenvalue weighted by atomic mass is 9.82. The Labute approximate surface area is 104 Å². The molecule has 0 amide bonds. The molecule has 4 atom stereocenters. The summed E-state index contributed by atoms with van der Waals surface area (Å²) in [4.78, 5) is 0. The summed E-state index contributed by atoms with van der Waals surface area (Å²) in [5.41, 5.74) is 0. The van der Waals surface area contributed by atoms with Crippen molar-refractivity contribution < 1.29 is 13.5 Å². The Hall–Kier alpha value is -0.130. The fourth-order valence-corrected chi connectivity index (χ4v) is 4.93. The lowest BCUT2D eigenvalue weighted by Gasteiger charge is -2.34. The van der Waals surface area contributed by atoms with Gasteiger partial charge in [-0.2, -0.15) is 0 Å². The van der Waals surface area contributed by atoms with E-state index in [0.717, 1.165) is 12.8 Å². The van der Waals surface area contributed by atoms with Gasteiger partial charge in [0.2, 0.25) is 0 Å². The molecular formula is C12H23NO3S. The monoisotopic (exact) mass is 261 g/mol. The lowest BCUT2D eigenvalue weighted by Crippen LogP contribution is -2.49. The van der Waals surface area contributed by atoms with Gasteiger partial charge >= 0.3 is 0 Å². The summed E-state index contributed by atoms with van der Waals surface area (Å²) in [7, 11) is -3.03. The molecule has 0 aromatic rings. The SMILES string of the molecule is CCC1CCCCC1NC1CS(=O)(=O)CC1O. The van der Waals surface area contributed by atoms with E-state index < -0.39 is 15.9 Å². The molecule has 0 radical (unpaired) electrons. The molecular weight excluding hydrogens is 238 g/mol. The first-order chi connectivity index (χ1) is 8.02. The van der Waals surface area contributed by atoms with E-state index in [4.69, 9.17) is 0 Å². The minimum Gasteiger partial charge on any atom is -0.390 e. The molecule has 2 fully saturated rings. The summed E-state index contributed by atoms with van der Waals surface area (Å²) in [6.07, 6.45) is 5.24. The molecule has 1 saturated carbocycles. The molecule has 2 N–H and O–H groups in total. The normalized spacial score (nSPS) is 41.5. The smallest absolute Gasteiger partial charge is 0.154 e. The second-order valence-electron chi connectivity index (χ2n) is 5.48. The summed E-state index contributed by atoms with van der Waals surface area (Å²) in [5, 5.41) is 13.2. The van der Waals surface area contributed by atoms with E-state index in [0.29, 0.717) is 12.0 Å². The second kappa shape index (κ2) is 5.24. The number of sulfone groups is 1. The quantitative estimate of drug-likeness (QED) is 0.785. The van der Waals surface area contributed by atoms with Crippen LogP contribution in [-0.2, 0) is 9.84 Å². The Bertz CT molecular complexity index is 355. The molecule has 5 heteroatoms. The summed E-state index contributed by atoms with van der Waals surface area (Å²) in [6, 6.07) is 0.138. The van der Waals surface area contributed by atoms with E-state index in [-0.39, 0.29) is 17.5 Å². The number of aliphatic hydroxyl groups is 1. The highest BCUT2D eigenvalue weighted by atomic mass is 32.2. The third-order valence-electron chi connectivity index (χ3n) is 4.18. The molecule has 1 heterocycles. The van der Waals surface area contributed by atoms with Gasteiger partial charge in [-0.25, -0.2) is 8.42 Å². The highest BCUT2D eigenvalue weighted by Crippen LogP contribution is 2.28. The van der Waals surface area contributed by atoms with E-state index in [1.54, 1.807) is 0 Å². The molecule has 0 spiro atoms. The van der Waals surface area contributed by atoms with E-state index in [2.05, 4.69) is 12.2 Å². The first-order valence-electron chi connectivity index (χ1n) is 6.66. The van der Waals surface area contributed by atoms with Gasteiger partial charge in [0.1, 0.15) is 0 Å². The second-order valence-corrected chi connectivity index (χ2v) is 7.63. The van der Waals surface area contributed by atoms with Crippen LogP contribution in [-0.4, -0.2) is 43.2 Å². The van der Waals surface area contributed by atoms with Gasteiger partial charge in [-0.05, 0) is 18.8 Å². The molecule has 100 valence electrons. The van der Waals surface area contributed by atoms with Gasteiger partial charge in [-0.1, -0.05) is 26.2 Å². The fourth-order valence-electron chi connectivity index (χ4n) is 3.18. The van der Waals surface area contributed by atoms with Crippen molar-refractivity contribution in [3.8, 4) is 0 Å². The van der Waals surface area contributed by atoms with Crippen LogP contribution in [0.1, 0.15) is 39.0 Å². The summed E-state index contributed by atoms with van der Waals surface area (Å²) >= 11 is 0. The minimum atomic E-state index is -3.03. The predicted octanol–water partition coefficient (Wildman–Crippen LogP) is 0.703. The van der Waals surface area contributed by atoms with Gasteiger partial charge in [0.05, 0.1) is 17.6 Å². The van der Waals surface area contributed by atoms with Crippen molar-refractivity contribution in [3.05, 3.63) is 0 Å². The maximum atomic E-state index is 11.4. The number of hydrogen-bond donors (Lipinski definition) is 2. The van der Waals surface area contributed by atoms with Crippen LogP contribution < -0.4 is 5.32 Å². The van der Waals surface area contributed by atoms with Crippen LogP contribution in [0.15, 0.2) is 0 Å². The summed E-state index contributed by atoms with van der Waals surface area (Å²) < 4.78 is 22.9. The molecule has 1 aliphatic heterocycles. The van der Waals surface area contributed by atoms with Gasteiger partial charge in [0.15, 0.2) is 9.84 Å². The number of hydrogen-bond acceptors (Lipinski definition) is 4. The van der Waals surface area contributed by atoms with Gasteiger partial charge in [0.25, 0.3) is 0 Å². The van der Waals surface area contributed by atoms with Crippen molar-refractivity contribution in [1.82, 2.24) is 5.32 Å². The van der Waals surface area contributed by atoms with Crippen LogP contribution in [0.2, 0.25) is 0 Å². The fraction of sp³-hybridized carbons (Fsp3) is 1.00. The Kier molecular flexibility index (Phi) is 4.10. The van der Waals surface area contributed by atoms with Crippen molar-refractivity contribution in [2.45, 2.75) is 57.2 Å².